The summed E-state index contributed by atoms with van der Waals surface area (Å²) in [5.41, 5.74) is 9.23. The number of aromatic hydroxyl groups is 1. The number of phenols is 1. The van der Waals surface area contributed by atoms with Crippen molar-refractivity contribution in [3.63, 3.8) is 0 Å². The van der Waals surface area contributed by atoms with Crippen LogP contribution in [-0.4, -0.2) is 53.6 Å². The Balaban J connectivity index is 1.64. The first-order chi connectivity index (χ1) is 15.5. The topological polar surface area (TPSA) is 127 Å². The van der Waals surface area contributed by atoms with Gasteiger partial charge in [0.05, 0.1) is 12.2 Å². The summed E-state index contributed by atoms with van der Waals surface area (Å²) in [6.07, 6.45) is 0. The largest absolute Gasteiger partial charge is 0.507 e. The maximum absolute atomic E-state index is 12.5. The van der Waals surface area contributed by atoms with Crippen LogP contribution in [0.5, 0.6) is 5.75 Å². The van der Waals surface area contributed by atoms with E-state index in [0.29, 0.717) is 34.6 Å². The number of nitriles is 1. The van der Waals surface area contributed by atoms with Gasteiger partial charge in [0.25, 0.3) is 0 Å². The number of nitrogens with two attached hydrogens (primary N) is 1. The summed E-state index contributed by atoms with van der Waals surface area (Å²) >= 11 is 0. The lowest BCUT2D eigenvalue weighted by molar-refractivity contribution is -0.117. The van der Waals surface area contributed by atoms with Crippen molar-refractivity contribution >= 4 is 17.4 Å². The molecule has 1 saturated heterocycles. The average molecular weight is 428 g/mol. The van der Waals surface area contributed by atoms with E-state index in [9.17, 15) is 15.2 Å². The van der Waals surface area contributed by atoms with Gasteiger partial charge in [-0.15, -0.1) is 0 Å². The smallest absolute Gasteiger partial charge is 0.238 e. The highest BCUT2D eigenvalue weighted by atomic mass is 16.3. The van der Waals surface area contributed by atoms with Gasteiger partial charge in [0.2, 0.25) is 5.91 Å². The highest BCUT2D eigenvalue weighted by Crippen LogP contribution is 2.35. The second-order valence-corrected chi connectivity index (χ2v) is 7.60. The lowest BCUT2D eigenvalue weighted by Gasteiger charge is -2.26. The summed E-state index contributed by atoms with van der Waals surface area (Å²) in [5.74, 6) is 0.0640. The molecule has 1 amide bonds. The molecule has 8 nitrogen and oxygen atoms in total. The minimum Gasteiger partial charge on any atom is -0.507 e. The second kappa shape index (κ2) is 9.47. The van der Waals surface area contributed by atoms with Gasteiger partial charge in [-0.2, -0.15) is 5.26 Å². The molecule has 0 radical (unpaired) electrons. The van der Waals surface area contributed by atoms with Crippen molar-refractivity contribution in [1.82, 2.24) is 15.2 Å². The van der Waals surface area contributed by atoms with Crippen molar-refractivity contribution in [2.24, 2.45) is 0 Å². The first kappa shape index (κ1) is 21.3. The number of benzene rings is 2. The fraction of sp³-hybridized carbons (Fsp3) is 0.208. The zero-order valence-corrected chi connectivity index (χ0v) is 17.5. The second-order valence-electron chi connectivity index (χ2n) is 7.60. The van der Waals surface area contributed by atoms with Crippen molar-refractivity contribution in [2.75, 3.05) is 43.8 Å². The maximum Gasteiger partial charge on any atom is 0.238 e. The van der Waals surface area contributed by atoms with Gasteiger partial charge in [-0.25, -0.2) is 4.98 Å². The Kier molecular flexibility index (Phi) is 6.31. The van der Waals surface area contributed by atoms with Crippen LogP contribution in [0.25, 0.3) is 22.4 Å². The first-order valence-electron chi connectivity index (χ1n) is 10.4. The summed E-state index contributed by atoms with van der Waals surface area (Å²) in [6, 6.07) is 17.9. The molecule has 5 N–H and O–H groups in total. The zero-order chi connectivity index (χ0) is 22.5. The number of anilines is 2. The summed E-state index contributed by atoms with van der Waals surface area (Å²) in [6.45, 7) is 3.76. The van der Waals surface area contributed by atoms with Crippen LogP contribution in [-0.2, 0) is 4.79 Å². The minimum absolute atomic E-state index is 0.0731. The van der Waals surface area contributed by atoms with Gasteiger partial charge >= 0.3 is 0 Å². The molecule has 1 aliphatic rings. The van der Waals surface area contributed by atoms with E-state index in [0.717, 1.165) is 26.2 Å². The molecule has 32 heavy (non-hydrogen) atoms. The van der Waals surface area contributed by atoms with E-state index in [1.54, 1.807) is 42.5 Å². The molecular weight excluding hydrogens is 404 g/mol. The van der Waals surface area contributed by atoms with Gasteiger partial charge in [-0.1, -0.05) is 24.3 Å². The third-order valence-corrected chi connectivity index (χ3v) is 5.37. The number of carbonyl (C=O) groups is 1. The first-order valence-corrected chi connectivity index (χ1v) is 10.4. The molecule has 4 rings (SSSR count). The van der Waals surface area contributed by atoms with Crippen molar-refractivity contribution in [3.8, 4) is 34.2 Å². The number of phenolic OH excluding ortho intramolecular Hbond substituents is 1. The van der Waals surface area contributed by atoms with Gasteiger partial charge in [0.1, 0.15) is 23.2 Å². The number of rotatable bonds is 5. The summed E-state index contributed by atoms with van der Waals surface area (Å²) in [7, 11) is 0. The Morgan fingerprint density at radius 3 is 2.69 bits per heavy atom. The highest BCUT2D eigenvalue weighted by Gasteiger charge is 2.17. The highest BCUT2D eigenvalue weighted by molar-refractivity contribution is 5.93. The number of hydrogen-bond acceptors (Lipinski definition) is 7. The van der Waals surface area contributed by atoms with Gasteiger partial charge in [-0.3, -0.25) is 9.69 Å². The van der Waals surface area contributed by atoms with Crippen molar-refractivity contribution in [3.05, 3.63) is 60.2 Å². The summed E-state index contributed by atoms with van der Waals surface area (Å²) in [4.78, 5) is 18.9. The number of para-hydroxylation sites is 1. The van der Waals surface area contributed by atoms with Crippen LogP contribution in [0.2, 0.25) is 0 Å². The normalized spacial score (nSPS) is 14.0. The number of hydrogen-bond donors (Lipinski definition) is 4. The molecule has 2 heterocycles. The molecule has 0 spiro atoms. The molecule has 0 saturated carbocycles. The van der Waals surface area contributed by atoms with Crippen LogP contribution in [0.1, 0.15) is 5.56 Å². The van der Waals surface area contributed by atoms with Crippen LogP contribution >= 0.6 is 0 Å². The third-order valence-electron chi connectivity index (χ3n) is 5.37. The lowest BCUT2D eigenvalue weighted by Crippen LogP contribution is -2.46. The fourth-order valence-electron chi connectivity index (χ4n) is 3.78. The number of nitrogens with one attached hydrogen (secondary N) is 2. The molecule has 0 atom stereocenters. The monoisotopic (exact) mass is 428 g/mol. The minimum atomic E-state index is -0.0892. The van der Waals surface area contributed by atoms with E-state index in [1.165, 1.54) is 0 Å². The van der Waals surface area contributed by atoms with Crippen LogP contribution < -0.4 is 16.4 Å². The molecule has 8 heteroatoms. The van der Waals surface area contributed by atoms with Gasteiger partial charge < -0.3 is 21.5 Å². The lowest BCUT2D eigenvalue weighted by atomic mass is 9.98. The SMILES string of the molecule is N#Cc1c(-c2cccc(NC(=O)CN3CCNCC3)c2)cc(-c2ccccc2O)nc1N. The Bertz CT molecular complexity index is 1180. The van der Waals surface area contributed by atoms with Crippen LogP contribution in [0, 0.1) is 11.3 Å². The van der Waals surface area contributed by atoms with Crippen molar-refractivity contribution in [2.45, 2.75) is 0 Å². The Hall–Kier alpha value is -3.93. The molecule has 1 fully saturated rings. The fourth-order valence-corrected chi connectivity index (χ4v) is 3.78. The molecule has 0 unspecified atom stereocenters. The molecular formula is C24H24N6O2. The number of nitrogen functional groups attached to an aromatic ring is 1. The van der Waals surface area contributed by atoms with Crippen LogP contribution in [0.15, 0.2) is 54.6 Å². The van der Waals surface area contributed by atoms with E-state index in [4.69, 9.17) is 5.73 Å². The molecule has 162 valence electrons. The zero-order valence-electron chi connectivity index (χ0n) is 17.5. The van der Waals surface area contributed by atoms with Gasteiger partial charge in [-0.05, 0) is 35.9 Å². The molecule has 0 bridgehead atoms. The number of aromatic nitrogens is 1. The van der Waals surface area contributed by atoms with Crippen LogP contribution in [0.3, 0.4) is 0 Å². The van der Waals surface area contributed by atoms with Gasteiger partial charge in [0.15, 0.2) is 0 Å². The van der Waals surface area contributed by atoms with Crippen molar-refractivity contribution < 1.29 is 9.90 Å². The van der Waals surface area contributed by atoms with E-state index in [2.05, 4.69) is 26.6 Å². The standard InChI is InChI=1S/C24H24N6O2/c25-14-20-19(13-21(29-24(20)26)18-6-1-2-7-22(18)31)16-4-3-5-17(12-16)28-23(32)15-30-10-8-27-9-11-30/h1-7,12-13,27,31H,8-11,15H2,(H2,26,29)(H,28,32). The predicted molar refractivity (Wildman–Crippen MR) is 124 cm³/mol. The molecule has 3 aromatic rings. The third kappa shape index (κ3) is 4.70. The number of pyridine rings is 1. The number of amides is 1. The van der Waals surface area contributed by atoms with E-state index < -0.39 is 0 Å². The summed E-state index contributed by atoms with van der Waals surface area (Å²) < 4.78 is 0. The van der Waals surface area contributed by atoms with E-state index in [-0.39, 0.29) is 23.0 Å². The van der Waals surface area contributed by atoms with Crippen molar-refractivity contribution in [1.29, 1.82) is 5.26 Å². The van der Waals surface area contributed by atoms with E-state index in [1.807, 2.05) is 12.1 Å². The molecule has 1 aliphatic heterocycles. The number of nitrogens with zero attached hydrogens (tertiary/aromatic N) is 3. The Labute approximate surface area is 186 Å². The molecule has 0 aliphatic carbocycles. The van der Waals surface area contributed by atoms with Crippen LogP contribution in [0.4, 0.5) is 11.5 Å². The maximum atomic E-state index is 12.5. The average Bonchev–Trinajstić information content (AvgIpc) is 2.79. The number of piperazine rings is 1. The molecule has 1 aromatic heterocycles. The summed E-state index contributed by atoms with van der Waals surface area (Å²) in [5, 5.41) is 26.1. The number of carbonyl (C=O) groups excluding carboxylic acids is 1. The van der Waals surface area contributed by atoms with E-state index >= 15 is 0 Å². The Morgan fingerprint density at radius 1 is 1.16 bits per heavy atom. The molecule has 2 aromatic carbocycles. The Morgan fingerprint density at radius 2 is 1.94 bits per heavy atom. The predicted octanol–water partition coefficient (Wildman–Crippen LogP) is 2.42. The van der Waals surface area contributed by atoms with Gasteiger partial charge in [0, 0.05) is 43.0 Å². The quantitative estimate of drug-likeness (QED) is 0.491.